The molecule has 1 saturated carbocycles. The third-order valence-electron chi connectivity index (χ3n) is 2.99. The number of nitrogens with two attached hydrogens (primary N) is 1. The van der Waals surface area contributed by atoms with Crippen LogP contribution in [0.4, 0.5) is 4.79 Å². The minimum atomic E-state index is -0.409. The lowest BCUT2D eigenvalue weighted by atomic mass is 9.81. The Morgan fingerprint density at radius 3 is 2.50 bits per heavy atom. The lowest BCUT2D eigenvalue weighted by molar-refractivity contribution is 0.0234. The van der Waals surface area contributed by atoms with Crippen LogP contribution in [0.2, 0.25) is 0 Å². The summed E-state index contributed by atoms with van der Waals surface area (Å²) in [5, 5.41) is 0. The summed E-state index contributed by atoms with van der Waals surface area (Å²) in [7, 11) is 0. The molecule has 0 radical (unpaired) electrons. The van der Waals surface area contributed by atoms with Gasteiger partial charge in [0.1, 0.15) is 5.60 Å². The first kappa shape index (κ1) is 9.77. The number of carbonyl (C=O) groups excluding carboxylic acids is 1. The summed E-state index contributed by atoms with van der Waals surface area (Å²) in [4.78, 5) is 13.5. The fourth-order valence-corrected chi connectivity index (χ4v) is 2.19. The van der Waals surface area contributed by atoms with Gasteiger partial charge in [0.2, 0.25) is 0 Å². The van der Waals surface area contributed by atoms with Gasteiger partial charge in [0.15, 0.2) is 0 Å². The molecular formula is C10H18N2O2. The fourth-order valence-electron chi connectivity index (χ4n) is 2.19. The molecule has 0 spiro atoms. The molecule has 3 rings (SSSR count). The molecule has 0 aromatic carbocycles. The van der Waals surface area contributed by atoms with E-state index in [2.05, 4.69) is 0 Å². The van der Waals surface area contributed by atoms with Gasteiger partial charge >= 0.3 is 6.09 Å². The van der Waals surface area contributed by atoms with E-state index < -0.39 is 5.60 Å². The number of carbonyl (C=O) groups is 1. The summed E-state index contributed by atoms with van der Waals surface area (Å²) < 4.78 is 5.30. The van der Waals surface area contributed by atoms with Crippen molar-refractivity contribution in [2.24, 2.45) is 11.7 Å². The third kappa shape index (κ3) is 1.47. The van der Waals surface area contributed by atoms with Crippen molar-refractivity contribution in [3.8, 4) is 0 Å². The summed E-state index contributed by atoms with van der Waals surface area (Å²) in [5.74, 6) is 0.507. The van der Waals surface area contributed by atoms with E-state index in [9.17, 15) is 4.79 Å². The van der Waals surface area contributed by atoms with E-state index in [4.69, 9.17) is 10.5 Å². The zero-order chi connectivity index (χ0) is 10.5. The molecule has 0 aromatic rings. The summed E-state index contributed by atoms with van der Waals surface area (Å²) in [6, 6.07) is 0.414. The van der Waals surface area contributed by atoms with Crippen LogP contribution in [0.3, 0.4) is 0 Å². The maximum Gasteiger partial charge on any atom is 0.410 e. The number of hydrogen-bond acceptors (Lipinski definition) is 3. The Hall–Kier alpha value is -0.770. The highest BCUT2D eigenvalue weighted by molar-refractivity contribution is 5.70. The van der Waals surface area contributed by atoms with Gasteiger partial charge in [0, 0.05) is 12.6 Å². The van der Waals surface area contributed by atoms with Gasteiger partial charge in [0.25, 0.3) is 0 Å². The monoisotopic (exact) mass is 198 g/mol. The SMILES string of the molecule is CC(C)(C)OC(=O)N1C[C@@H]2C[C@H]1[C@@H]2N. The van der Waals surface area contributed by atoms with Crippen molar-refractivity contribution in [1.82, 2.24) is 4.90 Å². The Labute approximate surface area is 84.4 Å². The molecule has 80 valence electrons. The topological polar surface area (TPSA) is 55.6 Å². The van der Waals surface area contributed by atoms with Crippen molar-refractivity contribution in [2.45, 2.75) is 44.9 Å². The molecule has 2 bridgehead atoms. The van der Waals surface area contributed by atoms with Crippen molar-refractivity contribution in [3.63, 3.8) is 0 Å². The normalized spacial score (nSPS) is 35.4. The van der Waals surface area contributed by atoms with Gasteiger partial charge in [-0.2, -0.15) is 0 Å². The highest BCUT2D eigenvalue weighted by atomic mass is 16.6. The molecule has 2 aliphatic heterocycles. The molecule has 0 unspecified atom stereocenters. The minimum absolute atomic E-state index is 0.183. The second kappa shape index (κ2) is 2.86. The van der Waals surface area contributed by atoms with E-state index in [1.54, 1.807) is 4.90 Å². The standard InChI is InChI=1S/C10H18N2O2/c1-10(2,3)14-9(13)12-5-6-4-7(12)8(6)11/h6-8H,4-5,11H2,1-3H3/t6-,7-,8+/m0/s1. The molecule has 0 aromatic heterocycles. The Balaban J connectivity index is 1.94. The average Bonchev–Trinajstić information content (AvgIpc) is 2.55. The fraction of sp³-hybridized carbons (Fsp3) is 0.900. The van der Waals surface area contributed by atoms with E-state index in [0.717, 1.165) is 13.0 Å². The highest BCUT2D eigenvalue weighted by Crippen LogP contribution is 2.40. The molecule has 4 nitrogen and oxygen atoms in total. The molecule has 2 saturated heterocycles. The second-order valence-corrected chi connectivity index (χ2v) is 5.27. The van der Waals surface area contributed by atoms with Gasteiger partial charge in [-0.1, -0.05) is 0 Å². The van der Waals surface area contributed by atoms with E-state index in [1.807, 2.05) is 20.8 Å². The lowest BCUT2D eigenvalue weighted by Gasteiger charge is -2.33. The minimum Gasteiger partial charge on any atom is -0.444 e. The first-order valence-electron chi connectivity index (χ1n) is 5.14. The van der Waals surface area contributed by atoms with Gasteiger partial charge in [-0.3, -0.25) is 0 Å². The number of rotatable bonds is 0. The largest absolute Gasteiger partial charge is 0.444 e. The van der Waals surface area contributed by atoms with Crippen LogP contribution in [-0.4, -0.2) is 35.2 Å². The molecular weight excluding hydrogens is 180 g/mol. The van der Waals surface area contributed by atoms with Gasteiger partial charge in [-0.15, -0.1) is 0 Å². The van der Waals surface area contributed by atoms with E-state index in [-0.39, 0.29) is 18.2 Å². The third-order valence-corrected chi connectivity index (χ3v) is 2.99. The maximum atomic E-state index is 11.7. The van der Waals surface area contributed by atoms with Crippen LogP contribution in [0, 0.1) is 5.92 Å². The zero-order valence-corrected chi connectivity index (χ0v) is 8.99. The van der Waals surface area contributed by atoms with Crippen LogP contribution >= 0.6 is 0 Å². The van der Waals surface area contributed by atoms with Gasteiger partial charge in [0.05, 0.1) is 6.04 Å². The van der Waals surface area contributed by atoms with Gasteiger partial charge in [-0.25, -0.2) is 4.79 Å². The molecule has 3 atom stereocenters. The summed E-state index contributed by atoms with van der Waals surface area (Å²) in [6.07, 6.45) is 0.846. The Morgan fingerprint density at radius 2 is 2.14 bits per heavy atom. The Morgan fingerprint density at radius 1 is 1.50 bits per heavy atom. The summed E-state index contributed by atoms with van der Waals surface area (Å²) in [5.41, 5.74) is 5.46. The summed E-state index contributed by atoms with van der Waals surface area (Å²) >= 11 is 0. The predicted molar refractivity (Wildman–Crippen MR) is 52.8 cm³/mol. The van der Waals surface area contributed by atoms with E-state index >= 15 is 0 Å². The lowest BCUT2D eigenvalue weighted by Crippen LogP contribution is -2.51. The molecule has 3 aliphatic rings. The van der Waals surface area contributed by atoms with Crippen LogP contribution in [0.5, 0.6) is 0 Å². The molecule has 1 amide bonds. The Kier molecular flexibility index (Phi) is 2.00. The molecule has 2 N–H and O–H groups in total. The smallest absolute Gasteiger partial charge is 0.410 e. The maximum absolute atomic E-state index is 11.7. The second-order valence-electron chi connectivity index (χ2n) is 5.27. The van der Waals surface area contributed by atoms with Crippen LogP contribution in [-0.2, 0) is 4.74 Å². The molecule has 14 heavy (non-hydrogen) atoms. The highest BCUT2D eigenvalue weighted by Gasteiger charge is 2.52. The quantitative estimate of drug-likeness (QED) is 0.630. The molecule has 3 fully saturated rings. The number of nitrogens with zero attached hydrogens (tertiary/aromatic N) is 1. The zero-order valence-electron chi connectivity index (χ0n) is 8.99. The van der Waals surface area contributed by atoms with Gasteiger partial charge in [-0.05, 0) is 33.1 Å². The van der Waals surface area contributed by atoms with E-state index in [1.165, 1.54) is 0 Å². The van der Waals surface area contributed by atoms with Crippen molar-refractivity contribution in [2.75, 3.05) is 6.54 Å². The molecule has 1 aliphatic carbocycles. The van der Waals surface area contributed by atoms with Crippen LogP contribution < -0.4 is 5.73 Å². The van der Waals surface area contributed by atoms with E-state index in [0.29, 0.717) is 5.92 Å². The Bertz CT molecular complexity index is 259. The first-order chi connectivity index (χ1) is 6.38. The van der Waals surface area contributed by atoms with Crippen molar-refractivity contribution in [3.05, 3.63) is 0 Å². The number of ether oxygens (including phenoxy) is 1. The predicted octanol–water partition coefficient (Wildman–Crippen LogP) is 0.953. The molecule has 2 heterocycles. The van der Waals surface area contributed by atoms with Crippen molar-refractivity contribution < 1.29 is 9.53 Å². The summed E-state index contributed by atoms with van der Waals surface area (Å²) in [6.45, 7) is 6.42. The van der Waals surface area contributed by atoms with Crippen LogP contribution in [0.15, 0.2) is 0 Å². The van der Waals surface area contributed by atoms with Gasteiger partial charge < -0.3 is 15.4 Å². The first-order valence-corrected chi connectivity index (χ1v) is 5.14. The van der Waals surface area contributed by atoms with Crippen molar-refractivity contribution >= 4 is 6.09 Å². The number of hydrogen-bond donors (Lipinski definition) is 1. The average molecular weight is 198 g/mol. The number of fused-ring (bicyclic) bond motifs is 1. The van der Waals surface area contributed by atoms with Crippen molar-refractivity contribution in [1.29, 1.82) is 0 Å². The molecule has 4 heteroatoms. The van der Waals surface area contributed by atoms with Crippen LogP contribution in [0.25, 0.3) is 0 Å². The van der Waals surface area contributed by atoms with Crippen LogP contribution in [0.1, 0.15) is 27.2 Å². The number of amides is 1.